The van der Waals surface area contributed by atoms with Crippen molar-refractivity contribution in [2.24, 2.45) is 0 Å². The molecule has 6 heteroatoms. The highest BCUT2D eigenvalue weighted by atomic mass is 35.5. The van der Waals surface area contributed by atoms with Crippen LogP contribution in [-0.4, -0.2) is 23.1 Å². The van der Waals surface area contributed by atoms with E-state index in [0.717, 1.165) is 34.6 Å². The van der Waals surface area contributed by atoms with E-state index in [2.05, 4.69) is 29.1 Å². The summed E-state index contributed by atoms with van der Waals surface area (Å²) in [5.74, 6) is 0.741. The first-order valence-electron chi connectivity index (χ1n) is 6.97. The molecule has 0 saturated carbocycles. The van der Waals surface area contributed by atoms with Crippen LogP contribution in [0.1, 0.15) is 30.0 Å². The van der Waals surface area contributed by atoms with Crippen LogP contribution in [-0.2, 0) is 13.1 Å². The summed E-state index contributed by atoms with van der Waals surface area (Å²) in [5, 5.41) is 3.39. The number of rotatable bonds is 6. The summed E-state index contributed by atoms with van der Waals surface area (Å²) in [6.07, 6.45) is 1.91. The zero-order valence-electron chi connectivity index (χ0n) is 12.9. The van der Waals surface area contributed by atoms with Crippen molar-refractivity contribution >= 4 is 28.9 Å². The first-order valence-corrected chi connectivity index (χ1v) is 8.16. The van der Waals surface area contributed by atoms with Crippen LogP contribution in [0.25, 0.3) is 0 Å². The van der Waals surface area contributed by atoms with Crippen molar-refractivity contribution in [3.63, 3.8) is 0 Å². The number of hydrogen-bond acceptors (Lipinski definition) is 5. The Morgan fingerprint density at radius 1 is 1.38 bits per heavy atom. The number of halogens is 1. The molecular formula is C15H21ClN4S. The monoisotopic (exact) mass is 324 g/mol. The first-order chi connectivity index (χ1) is 9.95. The minimum absolute atomic E-state index is 0.454. The summed E-state index contributed by atoms with van der Waals surface area (Å²) in [6.45, 7) is 7.85. The molecule has 1 N–H and O–H groups in total. The van der Waals surface area contributed by atoms with E-state index in [1.54, 1.807) is 11.3 Å². The van der Waals surface area contributed by atoms with Gasteiger partial charge in [0.25, 0.3) is 0 Å². The summed E-state index contributed by atoms with van der Waals surface area (Å²) < 4.78 is 0.811. The van der Waals surface area contributed by atoms with Crippen LogP contribution in [0.5, 0.6) is 0 Å². The maximum atomic E-state index is 5.96. The second kappa shape index (κ2) is 7.20. The van der Waals surface area contributed by atoms with Gasteiger partial charge in [-0.05, 0) is 19.1 Å². The Labute approximate surface area is 135 Å². The Bertz CT molecular complexity index is 597. The van der Waals surface area contributed by atoms with Gasteiger partial charge in [0.2, 0.25) is 5.95 Å². The third kappa shape index (κ3) is 4.66. The lowest BCUT2D eigenvalue weighted by molar-refractivity contribution is 0.584. The van der Waals surface area contributed by atoms with Gasteiger partial charge in [0.05, 0.1) is 10.9 Å². The number of nitrogens with zero attached hydrogens (tertiary/aromatic N) is 3. The molecule has 0 aromatic carbocycles. The Balaban J connectivity index is 2.04. The molecule has 114 valence electrons. The number of nitrogens with one attached hydrogen (secondary N) is 1. The standard InChI is InChI=1S/C15H21ClN4S/c1-10(2)17-7-12-8-18-15(19-11(12)3)20(4)9-13-5-6-14(16)21-13/h5-6,8,10,17H,7,9H2,1-4H3. The molecule has 2 heterocycles. The predicted molar refractivity (Wildman–Crippen MR) is 90.2 cm³/mol. The van der Waals surface area contributed by atoms with E-state index in [0.29, 0.717) is 6.04 Å². The summed E-state index contributed by atoms with van der Waals surface area (Å²) in [4.78, 5) is 12.3. The van der Waals surface area contributed by atoms with E-state index in [9.17, 15) is 0 Å². The van der Waals surface area contributed by atoms with Gasteiger partial charge in [0.15, 0.2) is 0 Å². The zero-order valence-corrected chi connectivity index (χ0v) is 14.4. The predicted octanol–water partition coefficient (Wildman–Crippen LogP) is 3.63. The first kappa shape index (κ1) is 16.2. The summed E-state index contributed by atoms with van der Waals surface area (Å²) in [5.41, 5.74) is 2.16. The highest BCUT2D eigenvalue weighted by molar-refractivity contribution is 7.16. The Morgan fingerprint density at radius 2 is 2.14 bits per heavy atom. The van der Waals surface area contributed by atoms with Crippen molar-refractivity contribution in [2.75, 3.05) is 11.9 Å². The van der Waals surface area contributed by atoms with E-state index in [1.807, 2.05) is 37.2 Å². The molecule has 2 rings (SSSR count). The molecule has 0 atom stereocenters. The molecule has 0 aliphatic rings. The van der Waals surface area contributed by atoms with E-state index >= 15 is 0 Å². The van der Waals surface area contributed by atoms with Crippen molar-refractivity contribution in [3.05, 3.63) is 38.8 Å². The summed E-state index contributed by atoms with van der Waals surface area (Å²) in [6, 6.07) is 4.41. The molecule has 21 heavy (non-hydrogen) atoms. The molecule has 2 aromatic rings. The van der Waals surface area contributed by atoms with E-state index in [-0.39, 0.29) is 0 Å². The third-order valence-corrected chi connectivity index (χ3v) is 4.35. The topological polar surface area (TPSA) is 41.1 Å². The number of aromatic nitrogens is 2. The number of aryl methyl sites for hydroxylation is 1. The molecule has 0 bridgehead atoms. The van der Waals surface area contributed by atoms with Crippen LogP contribution in [0.3, 0.4) is 0 Å². The molecule has 0 aliphatic heterocycles. The van der Waals surface area contributed by atoms with Crippen LogP contribution in [0.15, 0.2) is 18.3 Å². The second-order valence-electron chi connectivity index (χ2n) is 5.38. The molecule has 2 aromatic heterocycles. The van der Waals surface area contributed by atoms with Gasteiger partial charge in [0, 0.05) is 42.0 Å². The van der Waals surface area contributed by atoms with Gasteiger partial charge >= 0.3 is 0 Å². The van der Waals surface area contributed by atoms with Gasteiger partial charge in [0.1, 0.15) is 0 Å². The van der Waals surface area contributed by atoms with Crippen LogP contribution in [0.4, 0.5) is 5.95 Å². The Hall–Kier alpha value is -1.17. The van der Waals surface area contributed by atoms with E-state index < -0.39 is 0 Å². The van der Waals surface area contributed by atoms with Gasteiger partial charge in [-0.2, -0.15) is 0 Å². The normalized spacial score (nSPS) is 11.1. The molecule has 0 unspecified atom stereocenters. The largest absolute Gasteiger partial charge is 0.339 e. The van der Waals surface area contributed by atoms with Gasteiger partial charge in [-0.3, -0.25) is 0 Å². The zero-order chi connectivity index (χ0) is 15.4. The third-order valence-electron chi connectivity index (χ3n) is 3.13. The molecular weight excluding hydrogens is 304 g/mol. The van der Waals surface area contributed by atoms with Crippen molar-refractivity contribution in [1.29, 1.82) is 0 Å². The molecule has 4 nitrogen and oxygen atoms in total. The molecule has 0 aliphatic carbocycles. The average Bonchev–Trinajstić information content (AvgIpc) is 2.82. The fraction of sp³-hybridized carbons (Fsp3) is 0.467. The number of hydrogen-bond donors (Lipinski definition) is 1. The van der Waals surface area contributed by atoms with Gasteiger partial charge < -0.3 is 10.2 Å². The molecule has 0 saturated heterocycles. The highest BCUT2D eigenvalue weighted by Crippen LogP contribution is 2.23. The van der Waals surface area contributed by atoms with E-state index in [4.69, 9.17) is 11.6 Å². The lowest BCUT2D eigenvalue weighted by atomic mass is 10.2. The SMILES string of the molecule is Cc1nc(N(C)Cc2ccc(Cl)s2)ncc1CNC(C)C. The molecule has 0 spiro atoms. The minimum Gasteiger partial charge on any atom is -0.339 e. The molecule has 0 amide bonds. The van der Waals surface area contributed by atoms with Gasteiger partial charge in [-0.1, -0.05) is 25.4 Å². The maximum Gasteiger partial charge on any atom is 0.225 e. The van der Waals surface area contributed by atoms with Crippen molar-refractivity contribution < 1.29 is 0 Å². The van der Waals surface area contributed by atoms with Crippen LogP contribution < -0.4 is 10.2 Å². The number of anilines is 1. The minimum atomic E-state index is 0.454. The van der Waals surface area contributed by atoms with Crippen molar-refractivity contribution in [2.45, 2.75) is 39.9 Å². The van der Waals surface area contributed by atoms with Crippen LogP contribution >= 0.6 is 22.9 Å². The van der Waals surface area contributed by atoms with Crippen molar-refractivity contribution in [1.82, 2.24) is 15.3 Å². The van der Waals surface area contributed by atoms with Gasteiger partial charge in [-0.25, -0.2) is 9.97 Å². The fourth-order valence-corrected chi connectivity index (χ4v) is 3.03. The smallest absolute Gasteiger partial charge is 0.225 e. The van der Waals surface area contributed by atoms with E-state index in [1.165, 1.54) is 4.88 Å². The van der Waals surface area contributed by atoms with Gasteiger partial charge in [-0.15, -0.1) is 11.3 Å². The van der Waals surface area contributed by atoms with Crippen molar-refractivity contribution in [3.8, 4) is 0 Å². The summed E-state index contributed by atoms with van der Waals surface area (Å²) in [7, 11) is 1.99. The lowest BCUT2D eigenvalue weighted by Gasteiger charge is -2.17. The quantitative estimate of drug-likeness (QED) is 0.881. The summed E-state index contributed by atoms with van der Waals surface area (Å²) >= 11 is 7.55. The maximum absolute atomic E-state index is 5.96. The number of thiophene rings is 1. The molecule has 0 radical (unpaired) electrons. The fourth-order valence-electron chi connectivity index (χ4n) is 1.89. The lowest BCUT2D eigenvalue weighted by Crippen LogP contribution is -2.23. The average molecular weight is 325 g/mol. The highest BCUT2D eigenvalue weighted by Gasteiger charge is 2.09. The Morgan fingerprint density at radius 3 is 2.71 bits per heavy atom. The Kier molecular flexibility index (Phi) is 5.56. The van der Waals surface area contributed by atoms with Crippen LogP contribution in [0.2, 0.25) is 4.34 Å². The molecule has 0 fully saturated rings. The van der Waals surface area contributed by atoms with Crippen LogP contribution in [0, 0.1) is 6.92 Å². The second-order valence-corrected chi connectivity index (χ2v) is 7.18.